The van der Waals surface area contributed by atoms with Crippen molar-refractivity contribution in [2.45, 2.75) is 12.2 Å². The van der Waals surface area contributed by atoms with Crippen LogP contribution in [0.15, 0.2) is 24.3 Å². The second-order valence-corrected chi connectivity index (χ2v) is 4.08. The molecule has 0 spiro atoms. The molecule has 0 aromatic heterocycles. The van der Waals surface area contributed by atoms with E-state index in [1.807, 2.05) is 24.3 Å². The van der Waals surface area contributed by atoms with E-state index in [9.17, 15) is 4.79 Å². The van der Waals surface area contributed by atoms with Gasteiger partial charge in [-0.2, -0.15) is 11.8 Å². The van der Waals surface area contributed by atoms with Crippen molar-refractivity contribution in [2.24, 2.45) is 5.73 Å². The molecule has 1 amide bonds. The SMILES string of the molecule is CSCc1ccc(NC(=O)CCN)cc1. The lowest BCUT2D eigenvalue weighted by Gasteiger charge is -2.05. The monoisotopic (exact) mass is 224 g/mol. The standard InChI is InChI=1S/C11H16N2OS/c1-15-8-9-2-4-10(5-3-9)13-11(14)6-7-12/h2-5H,6-8,12H2,1H3,(H,13,14). The van der Waals surface area contributed by atoms with Crippen molar-refractivity contribution in [1.82, 2.24) is 0 Å². The van der Waals surface area contributed by atoms with Crippen LogP contribution in [0.4, 0.5) is 5.69 Å². The second-order valence-electron chi connectivity index (χ2n) is 3.22. The van der Waals surface area contributed by atoms with Gasteiger partial charge in [0.25, 0.3) is 0 Å². The van der Waals surface area contributed by atoms with Gasteiger partial charge in [0, 0.05) is 24.4 Å². The maximum absolute atomic E-state index is 11.2. The molecular weight excluding hydrogens is 208 g/mol. The third kappa shape index (κ3) is 4.36. The topological polar surface area (TPSA) is 55.1 Å². The van der Waals surface area contributed by atoms with Crippen molar-refractivity contribution in [1.29, 1.82) is 0 Å². The number of hydrogen-bond acceptors (Lipinski definition) is 3. The molecule has 0 radical (unpaired) electrons. The minimum atomic E-state index is -0.0323. The molecule has 0 aliphatic carbocycles. The smallest absolute Gasteiger partial charge is 0.225 e. The van der Waals surface area contributed by atoms with E-state index in [1.165, 1.54) is 5.56 Å². The molecule has 3 nitrogen and oxygen atoms in total. The Balaban J connectivity index is 2.52. The maximum Gasteiger partial charge on any atom is 0.225 e. The molecule has 82 valence electrons. The molecule has 0 aliphatic heterocycles. The summed E-state index contributed by atoms with van der Waals surface area (Å²) in [5.74, 6) is 0.965. The Morgan fingerprint density at radius 3 is 2.60 bits per heavy atom. The molecule has 0 heterocycles. The molecule has 0 saturated carbocycles. The lowest BCUT2D eigenvalue weighted by atomic mass is 10.2. The molecule has 0 fully saturated rings. The summed E-state index contributed by atoms with van der Waals surface area (Å²) in [6.45, 7) is 0.385. The van der Waals surface area contributed by atoms with E-state index < -0.39 is 0 Å². The molecule has 15 heavy (non-hydrogen) atoms. The van der Waals surface area contributed by atoms with Gasteiger partial charge in [0.2, 0.25) is 5.91 Å². The van der Waals surface area contributed by atoms with Gasteiger partial charge in [-0.05, 0) is 24.0 Å². The summed E-state index contributed by atoms with van der Waals surface area (Å²) in [4.78, 5) is 11.2. The van der Waals surface area contributed by atoms with E-state index in [0.717, 1.165) is 11.4 Å². The van der Waals surface area contributed by atoms with Gasteiger partial charge in [-0.15, -0.1) is 0 Å². The van der Waals surface area contributed by atoms with Crippen LogP contribution in [0.1, 0.15) is 12.0 Å². The Bertz CT molecular complexity index is 311. The van der Waals surface area contributed by atoms with Gasteiger partial charge in [0.1, 0.15) is 0 Å². The minimum absolute atomic E-state index is 0.0323. The molecule has 0 bridgehead atoms. The largest absolute Gasteiger partial charge is 0.330 e. The van der Waals surface area contributed by atoms with E-state index in [4.69, 9.17) is 5.73 Å². The van der Waals surface area contributed by atoms with Crippen LogP contribution in [0, 0.1) is 0 Å². The first-order chi connectivity index (χ1) is 7.26. The lowest BCUT2D eigenvalue weighted by Crippen LogP contribution is -2.16. The molecule has 0 saturated heterocycles. The zero-order valence-electron chi connectivity index (χ0n) is 8.82. The average molecular weight is 224 g/mol. The Kier molecular flexibility index (Phi) is 5.21. The number of benzene rings is 1. The number of nitrogens with one attached hydrogen (secondary N) is 1. The van der Waals surface area contributed by atoms with Crippen LogP contribution in [0.25, 0.3) is 0 Å². The fourth-order valence-corrected chi connectivity index (χ4v) is 1.73. The predicted octanol–water partition coefficient (Wildman–Crippen LogP) is 1.84. The summed E-state index contributed by atoms with van der Waals surface area (Å²) in [5, 5.41) is 2.79. The van der Waals surface area contributed by atoms with Crippen molar-refractivity contribution in [3.8, 4) is 0 Å². The van der Waals surface area contributed by atoms with Gasteiger partial charge in [0.05, 0.1) is 0 Å². The Labute approximate surface area is 94.4 Å². The van der Waals surface area contributed by atoms with Gasteiger partial charge in [-0.25, -0.2) is 0 Å². The summed E-state index contributed by atoms with van der Waals surface area (Å²) < 4.78 is 0. The molecule has 1 aromatic rings. The quantitative estimate of drug-likeness (QED) is 0.802. The molecule has 0 aliphatic rings. The third-order valence-corrected chi connectivity index (χ3v) is 2.54. The third-order valence-electron chi connectivity index (χ3n) is 1.92. The van der Waals surface area contributed by atoms with Gasteiger partial charge < -0.3 is 11.1 Å². The maximum atomic E-state index is 11.2. The zero-order valence-corrected chi connectivity index (χ0v) is 9.64. The van der Waals surface area contributed by atoms with Crippen LogP contribution in [0.5, 0.6) is 0 Å². The van der Waals surface area contributed by atoms with E-state index in [2.05, 4.69) is 11.6 Å². The summed E-state index contributed by atoms with van der Waals surface area (Å²) in [7, 11) is 0. The average Bonchev–Trinajstić information content (AvgIpc) is 2.22. The van der Waals surface area contributed by atoms with Crippen LogP contribution in [-0.2, 0) is 10.5 Å². The first-order valence-electron chi connectivity index (χ1n) is 4.84. The van der Waals surface area contributed by atoms with Crippen molar-refractivity contribution in [3.63, 3.8) is 0 Å². The number of carbonyl (C=O) groups is 1. The summed E-state index contributed by atoms with van der Waals surface area (Å²) >= 11 is 1.78. The van der Waals surface area contributed by atoms with Crippen molar-refractivity contribution < 1.29 is 4.79 Å². The zero-order chi connectivity index (χ0) is 11.1. The van der Waals surface area contributed by atoms with Gasteiger partial charge in [-0.3, -0.25) is 4.79 Å². The van der Waals surface area contributed by atoms with Gasteiger partial charge in [0.15, 0.2) is 0 Å². The summed E-state index contributed by atoms with van der Waals surface area (Å²) in [5.41, 5.74) is 7.38. The van der Waals surface area contributed by atoms with Crippen molar-refractivity contribution in [3.05, 3.63) is 29.8 Å². The normalized spacial score (nSPS) is 10.0. The number of amides is 1. The number of nitrogens with two attached hydrogens (primary N) is 1. The Hall–Kier alpha value is -1.00. The summed E-state index contributed by atoms with van der Waals surface area (Å²) in [6, 6.07) is 7.88. The number of hydrogen-bond donors (Lipinski definition) is 2. The minimum Gasteiger partial charge on any atom is -0.330 e. The van der Waals surface area contributed by atoms with Crippen LogP contribution in [-0.4, -0.2) is 18.7 Å². The van der Waals surface area contributed by atoms with Crippen LogP contribution < -0.4 is 11.1 Å². The second kappa shape index (κ2) is 6.48. The van der Waals surface area contributed by atoms with Gasteiger partial charge >= 0.3 is 0 Å². The highest BCUT2D eigenvalue weighted by molar-refractivity contribution is 7.97. The highest BCUT2D eigenvalue weighted by Crippen LogP contribution is 2.13. The van der Waals surface area contributed by atoms with Crippen LogP contribution in [0.2, 0.25) is 0 Å². The highest BCUT2D eigenvalue weighted by Gasteiger charge is 2.00. The number of carbonyl (C=O) groups excluding carboxylic acids is 1. The van der Waals surface area contributed by atoms with Crippen LogP contribution >= 0.6 is 11.8 Å². The van der Waals surface area contributed by atoms with Crippen LogP contribution in [0.3, 0.4) is 0 Å². The molecular formula is C11H16N2OS. The van der Waals surface area contributed by atoms with E-state index in [0.29, 0.717) is 13.0 Å². The molecule has 4 heteroatoms. The number of rotatable bonds is 5. The van der Waals surface area contributed by atoms with Gasteiger partial charge in [-0.1, -0.05) is 12.1 Å². The molecule has 1 rings (SSSR count). The first-order valence-corrected chi connectivity index (χ1v) is 6.23. The number of anilines is 1. The van der Waals surface area contributed by atoms with E-state index in [1.54, 1.807) is 11.8 Å². The Morgan fingerprint density at radius 1 is 1.40 bits per heavy atom. The van der Waals surface area contributed by atoms with Crippen molar-refractivity contribution >= 4 is 23.4 Å². The summed E-state index contributed by atoms with van der Waals surface area (Å²) in [6.07, 6.45) is 2.43. The molecule has 1 aromatic carbocycles. The molecule has 0 unspecified atom stereocenters. The first kappa shape index (κ1) is 12.1. The van der Waals surface area contributed by atoms with Crippen molar-refractivity contribution in [2.75, 3.05) is 18.1 Å². The Morgan fingerprint density at radius 2 is 2.07 bits per heavy atom. The highest BCUT2D eigenvalue weighted by atomic mass is 32.2. The number of thioether (sulfide) groups is 1. The fourth-order valence-electron chi connectivity index (χ4n) is 1.21. The molecule has 0 atom stereocenters. The predicted molar refractivity (Wildman–Crippen MR) is 66.0 cm³/mol. The van der Waals surface area contributed by atoms with E-state index in [-0.39, 0.29) is 5.91 Å². The van der Waals surface area contributed by atoms with E-state index >= 15 is 0 Å². The fraction of sp³-hybridized carbons (Fsp3) is 0.364. The molecule has 3 N–H and O–H groups in total. The lowest BCUT2D eigenvalue weighted by molar-refractivity contribution is -0.116.